The Morgan fingerprint density at radius 2 is 1.78 bits per heavy atom. The summed E-state index contributed by atoms with van der Waals surface area (Å²) in [6, 6.07) is 6.30. The number of para-hydroxylation sites is 1. The van der Waals surface area contributed by atoms with E-state index in [1.54, 1.807) is 24.3 Å². The Hall–Kier alpha value is -2.04. The monoisotopic (exact) mass is 321 g/mol. The summed E-state index contributed by atoms with van der Waals surface area (Å²) in [6.45, 7) is 10.3. The first-order chi connectivity index (χ1) is 10.9. The maximum absolute atomic E-state index is 12.5. The Labute approximate surface area is 138 Å². The third-order valence-electron chi connectivity index (χ3n) is 3.20. The molecule has 5 heteroatoms. The number of hydrogen-bond donors (Lipinski definition) is 1. The zero-order valence-electron chi connectivity index (χ0n) is 14.6. The first kappa shape index (κ1) is 19.0. The van der Waals surface area contributed by atoms with E-state index in [2.05, 4.69) is 5.32 Å². The van der Waals surface area contributed by atoms with Crippen LogP contribution in [0.4, 0.5) is 0 Å². The fraction of sp³-hybridized carbons (Fsp3) is 0.556. The summed E-state index contributed by atoms with van der Waals surface area (Å²) in [6.07, 6.45) is 0. The molecule has 0 aromatic heterocycles. The summed E-state index contributed by atoms with van der Waals surface area (Å²) in [5, 5.41) is 2.76. The van der Waals surface area contributed by atoms with Gasteiger partial charge in [0.2, 0.25) is 0 Å². The third kappa shape index (κ3) is 5.93. The van der Waals surface area contributed by atoms with Crippen LogP contribution in [0.15, 0.2) is 24.3 Å². The van der Waals surface area contributed by atoms with E-state index in [9.17, 15) is 9.59 Å². The summed E-state index contributed by atoms with van der Waals surface area (Å²) in [7, 11) is 0. The van der Waals surface area contributed by atoms with E-state index in [1.165, 1.54) is 0 Å². The second kappa shape index (κ2) is 9.18. The van der Waals surface area contributed by atoms with Gasteiger partial charge < -0.3 is 14.8 Å². The molecule has 0 bridgehead atoms. The largest absolute Gasteiger partial charge is 0.493 e. The Kier molecular flexibility index (Phi) is 7.59. The molecule has 1 aromatic carbocycles. The van der Waals surface area contributed by atoms with E-state index in [0.29, 0.717) is 24.5 Å². The van der Waals surface area contributed by atoms with E-state index in [0.717, 1.165) is 0 Å². The highest BCUT2D eigenvalue weighted by Crippen LogP contribution is 2.18. The topological polar surface area (TPSA) is 64.6 Å². The van der Waals surface area contributed by atoms with Gasteiger partial charge in [-0.05, 0) is 30.9 Å². The van der Waals surface area contributed by atoms with Crippen molar-refractivity contribution in [3.05, 3.63) is 29.8 Å². The van der Waals surface area contributed by atoms with Gasteiger partial charge in [-0.2, -0.15) is 0 Å². The van der Waals surface area contributed by atoms with E-state index in [4.69, 9.17) is 9.47 Å². The minimum absolute atomic E-state index is 0.0714. The van der Waals surface area contributed by atoms with Crippen molar-refractivity contribution in [2.24, 2.45) is 11.8 Å². The van der Waals surface area contributed by atoms with Gasteiger partial charge in [-0.1, -0.05) is 39.8 Å². The quantitative estimate of drug-likeness (QED) is 0.748. The van der Waals surface area contributed by atoms with Crippen molar-refractivity contribution in [2.45, 2.75) is 40.7 Å². The number of benzene rings is 1. The molecule has 0 radical (unpaired) electrons. The van der Waals surface area contributed by atoms with Gasteiger partial charge in [-0.15, -0.1) is 0 Å². The molecule has 1 unspecified atom stereocenters. The summed E-state index contributed by atoms with van der Waals surface area (Å²) < 4.78 is 10.7. The number of rotatable bonds is 8. The van der Waals surface area contributed by atoms with Crippen molar-refractivity contribution in [3.63, 3.8) is 0 Å². The zero-order chi connectivity index (χ0) is 17.4. The summed E-state index contributed by atoms with van der Waals surface area (Å²) in [5.41, 5.74) is 0.414. The molecule has 1 N–H and O–H groups in total. The van der Waals surface area contributed by atoms with E-state index < -0.39 is 12.0 Å². The predicted octanol–water partition coefficient (Wildman–Crippen LogP) is 3.04. The van der Waals surface area contributed by atoms with Crippen molar-refractivity contribution in [1.82, 2.24) is 5.32 Å². The minimum atomic E-state index is -0.684. The fourth-order valence-electron chi connectivity index (χ4n) is 1.99. The van der Waals surface area contributed by atoms with Crippen LogP contribution in [-0.2, 0) is 9.53 Å². The van der Waals surface area contributed by atoms with Crippen LogP contribution in [0.5, 0.6) is 5.75 Å². The average molecular weight is 321 g/mol. The molecule has 128 valence electrons. The van der Waals surface area contributed by atoms with Crippen LogP contribution in [0.25, 0.3) is 0 Å². The second-order valence-corrected chi connectivity index (χ2v) is 6.15. The Balaban J connectivity index is 2.84. The van der Waals surface area contributed by atoms with Gasteiger partial charge in [0.05, 0.1) is 18.8 Å². The molecule has 0 aliphatic carbocycles. The highest BCUT2D eigenvalue weighted by Gasteiger charge is 2.27. The normalized spacial score (nSPS) is 12.1. The number of amides is 1. The van der Waals surface area contributed by atoms with Crippen LogP contribution in [-0.4, -0.2) is 31.1 Å². The third-order valence-corrected chi connectivity index (χ3v) is 3.20. The lowest BCUT2D eigenvalue weighted by Crippen LogP contribution is -2.45. The van der Waals surface area contributed by atoms with Crippen molar-refractivity contribution in [1.29, 1.82) is 0 Å². The maximum Gasteiger partial charge on any atom is 0.328 e. The second-order valence-electron chi connectivity index (χ2n) is 6.15. The SMILES string of the molecule is CCOc1ccccc1C(=O)NC(C(=O)OCC(C)C)C(C)C. The minimum Gasteiger partial charge on any atom is -0.493 e. The van der Waals surface area contributed by atoms with Gasteiger partial charge in [-0.3, -0.25) is 4.79 Å². The number of hydrogen-bond acceptors (Lipinski definition) is 4. The molecule has 1 rings (SSSR count). The lowest BCUT2D eigenvalue weighted by atomic mass is 10.0. The zero-order valence-corrected chi connectivity index (χ0v) is 14.6. The lowest BCUT2D eigenvalue weighted by molar-refractivity contribution is -0.148. The van der Waals surface area contributed by atoms with Gasteiger partial charge in [0, 0.05) is 0 Å². The molecule has 23 heavy (non-hydrogen) atoms. The van der Waals surface area contributed by atoms with Crippen LogP contribution in [0.2, 0.25) is 0 Å². The van der Waals surface area contributed by atoms with Gasteiger partial charge in [-0.25, -0.2) is 4.79 Å². The van der Waals surface area contributed by atoms with E-state index in [-0.39, 0.29) is 17.7 Å². The molecular formula is C18H27NO4. The van der Waals surface area contributed by atoms with Crippen molar-refractivity contribution < 1.29 is 19.1 Å². The Morgan fingerprint density at radius 1 is 1.13 bits per heavy atom. The highest BCUT2D eigenvalue weighted by molar-refractivity contribution is 5.99. The average Bonchev–Trinajstić information content (AvgIpc) is 2.50. The van der Waals surface area contributed by atoms with Crippen LogP contribution in [0.1, 0.15) is 45.0 Å². The predicted molar refractivity (Wildman–Crippen MR) is 89.5 cm³/mol. The summed E-state index contributed by atoms with van der Waals surface area (Å²) in [5.74, 6) is -0.0604. The first-order valence-electron chi connectivity index (χ1n) is 8.06. The van der Waals surface area contributed by atoms with Crippen LogP contribution in [0.3, 0.4) is 0 Å². The van der Waals surface area contributed by atoms with Crippen LogP contribution >= 0.6 is 0 Å². The number of esters is 1. The number of nitrogens with one attached hydrogen (secondary N) is 1. The molecule has 0 aliphatic heterocycles. The lowest BCUT2D eigenvalue weighted by Gasteiger charge is -2.22. The molecule has 1 atom stereocenters. The molecule has 1 aromatic rings. The number of ether oxygens (including phenoxy) is 2. The van der Waals surface area contributed by atoms with Crippen LogP contribution < -0.4 is 10.1 Å². The van der Waals surface area contributed by atoms with Crippen molar-refractivity contribution in [2.75, 3.05) is 13.2 Å². The molecule has 0 fully saturated rings. The van der Waals surface area contributed by atoms with E-state index in [1.807, 2.05) is 34.6 Å². The molecule has 1 amide bonds. The molecule has 0 aliphatic rings. The standard InChI is InChI=1S/C18H27NO4/c1-6-22-15-10-8-7-9-14(15)17(20)19-16(13(4)5)18(21)23-11-12(2)3/h7-10,12-13,16H,6,11H2,1-5H3,(H,19,20). The number of carbonyl (C=O) groups is 2. The highest BCUT2D eigenvalue weighted by atomic mass is 16.5. The molecular weight excluding hydrogens is 294 g/mol. The smallest absolute Gasteiger partial charge is 0.328 e. The van der Waals surface area contributed by atoms with Crippen LogP contribution in [0, 0.1) is 11.8 Å². The fourth-order valence-corrected chi connectivity index (χ4v) is 1.99. The van der Waals surface area contributed by atoms with E-state index >= 15 is 0 Å². The summed E-state index contributed by atoms with van der Waals surface area (Å²) in [4.78, 5) is 24.7. The molecule has 5 nitrogen and oxygen atoms in total. The van der Waals surface area contributed by atoms with Gasteiger partial charge >= 0.3 is 5.97 Å². The van der Waals surface area contributed by atoms with Gasteiger partial charge in [0.1, 0.15) is 11.8 Å². The first-order valence-corrected chi connectivity index (χ1v) is 8.06. The van der Waals surface area contributed by atoms with Crippen molar-refractivity contribution in [3.8, 4) is 5.75 Å². The molecule has 0 saturated heterocycles. The summed E-state index contributed by atoms with van der Waals surface area (Å²) >= 11 is 0. The number of carbonyl (C=O) groups excluding carboxylic acids is 2. The van der Waals surface area contributed by atoms with Gasteiger partial charge in [0.15, 0.2) is 0 Å². The van der Waals surface area contributed by atoms with Crippen molar-refractivity contribution >= 4 is 11.9 Å². The molecule has 0 saturated carbocycles. The maximum atomic E-state index is 12.5. The molecule has 0 spiro atoms. The van der Waals surface area contributed by atoms with Gasteiger partial charge in [0.25, 0.3) is 5.91 Å². The Bertz CT molecular complexity index is 526. The molecule has 0 heterocycles. The Morgan fingerprint density at radius 3 is 2.35 bits per heavy atom.